The second-order valence-corrected chi connectivity index (χ2v) is 4.94. The normalized spacial score (nSPS) is 22.0. The van der Waals surface area contributed by atoms with E-state index in [4.69, 9.17) is 9.47 Å². The van der Waals surface area contributed by atoms with Gasteiger partial charge in [0.1, 0.15) is 18.7 Å². The first-order valence-corrected chi connectivity index (χ1v) is 6.91. The summed E-state index contributed by atoms with van der Waals surface area (Å²) in [5.41, 5.74) is 0. The summed E-state index contributed by atoms with van der Waals surface area (Å²) in [4.78, 5) is 25.3. The lowest BCUT2D eigenvalue weighted by molar-refractivity contribution is -0.148. The van der Waals surface area contributed by atoms with Crippen LogP contribution in [0.15, 0.2) is 24.3 Å². The molecular weight excluding hydrogens is 272 g/mol. The van der Waals surface area contributed by atoms with Gasteiger partial charge >= 0.3 is 0 Å². The number of hydrogen-bond acceptors (Lipinski definition) is 4. The van der Waals surface area contributed by atoms with Crippen LogP contribution in [0.25, 0.3) is 0 Å². The van der Waals surface area contributed by atoms with Crippen LogP contribution in [0.2, 0.25) is 0 Å². The number of amides is 2. The van der Waals surface area contributed by atoms with E-state index in [9.17, 15) is 9.59 Å². The Morgan fingerprint density at radius 2 is 1.86 bits per heavy atom. The van der Waals surface area contributed by atoms with E-state index in [1.807, 2.05) is 12.1 Å². The zero-order valence-corrected chi connectivity index (χ0v) is 12.5. The highest BCUT2D eigenvalue weighted by Gasteiger charge is 2.35. The number of rotatable bonds is 5. The summed E-state index contributed by atoms with van der Waals surface area (Å²) in [6.07, 6.45) is 0. The molecule has 1 heterocycles. The smallest absolute Gasteiger partial charge is 0.245 e. The maximum atomic E-state index is 12.1. The molecule has 2 amide bonds. The van der Waals surface area contributed by atoms with Crippen molar-refractivity contribution in [2.45, 2.75) is 25.9 Å². The number of para-hydroxylation sites is 2. The van der Waals surface area contributed by atoms with Crippen LogP contribution in [0.1, 0.15) is 13.8 Å². The van der Waals surface area contributed by atoms with Crippen molar-refractivity contribution in [3.8, 4) is 11.5 Å². The van der Waals surface area contributed by atoms with E-state index in [0.29, 0.717) is 24.7 Å². The molecule has 1 aromatic carbocycles. The molecule has 2 atom stereocenters. The van der Waals surface area contributed by atoms with Gasteiger partial charge in [-0.05, 0) is 26.0 Å². The molecule has 1 fully saturated rings. The summed E-state index contributed by atoms with van der Waals surface area (Å²) in [5, 5.41) is 2.64. The van der Waals surface area contributed by atoms with Crippen LogP contribution >= 0.6 is 0 Å². The van der Waals surface area contributed by atoms with Crippen molar-refractivity contribution < 1.29 is 19.1 Å². The fraction of sp³-hybridized carbons (Fsp3) is 0.467. The minimum Gasteiger partial charge on any atom is -0.493 e. The third-order valence-electron chi connectivity index (χ3n) is 3.52. The van der Waals surface area contributed by atoms with Crippen LogP contribution in [0.3, 0.4) is 0 Å². The Bertz CT molecular complexity index is 532. The number of carbonyl (C=O) groups excluding carboxylic acids is 2. The van der Waals surface area contributed by atoms with Gasteiger partial charge in [0.05, 0.1) is 13.7 Å². The second-order valence-electron chi connectivity index (χ2n) is 4.94. The molecule has 0 bridgehead atoms. The number of nitrogens with zero attached hydrogens (tertiary/aromatic N) is 1. The Kier molecular flexibility index (Phi) is 4.67. The van der Waals surface area contributed by atoms with Crippen LogP contribution in [-0.4, -0.2) is 49.1 Å². The number of ether oxygens (including phenoxy) is 2. The second kappa shape index (κ2) is 6.47. The molecule has 6 heteroatoms. The molecule has 0 spiro atoms. The molecule has 6 nitrogen and oxygen atoms in total. The van der Waals surface area contributed by atoms with E-state index in [0.717, 1.165) is 0 Å². The van der Waals surface area contributed by atoms with Crippen LogP contribution in [-0.2, 0) is 9.59 Å². The Balaban J connectivity index is 1.95. The van der Waals surface area contributed by atoms with Crippen molar-refractivity contribution in [1.29, 1.82) is 0 Å². The lowest BCUT2D eigenvalue weighted by Gasteiger charge is -2.35. The van der Waals surface area contributed by atoms with Gasteiger partial charge in [-0.3, -0.25) is 9.59 Å². The minimum absolute atomic E-state index is 0.0919. The van der Waals surface area contributed by atoms with E-state index in [1.165, 1.54) is 0 Å². The average Bonchev–Trinajstić information content (AvgIpc) is 2.49. The predicted molar refractivity (Wildman–Crippen MR) is 77.3 cm³/mol. The lowest BCUT2D eigenvalue weighted by Crippen LogP contribution is -2.62. The highest BCUT2D eigenvalue weighted by molar-refractivity contribution is 5.96. The van der Waals surface area contributed by atoms with E-state index in [-0.39, 0.29) is 11.8 Å². The third-order valence-corrected chi connectivity index (χ3v) is 3.52. The zero-order valence-electron chi connectivity index (χ0n) is 12.5. The van der Waals surface area contributed by atoms with Crippen LogP contribution in [0.4, 0.5) is 0 Å². The standard InChI is InChI=1S/C15H20N2O4/c1-10-15(19)17(11(2)14(18)16-10)8-9-21-13-7-5-4-6-12(13)20-3/h4-7,10-11H,8-9H2,1-3H3,(H,16,18). The average molecular weight is 292 g/mol. The topological polar surface area (TPSA) is 67.9 Å². The summed E-state index contributed by atoms with van der Waals surface area (Å²) in [6, 6.07) is 6.35. The van der Waals surface area contributed by atoms with Gasteiger partial charge in [-0.15, -0.1) is 0 Å². The summed E-state index contributed by atoms with van der Waals surface area (Å²) >= 11 is 0. The Morgan fingerprint density at radius 3 is 2.52 bits per heavy atom. The quantitative estimate of drug-likeness (QED) is 0.872. The predicted octanol–water partition coefficient (Wildman–Crippen LogP) is 0.809. The molecular formula is C15H20N2O4. The monoisotopic (exact) mass is 292 g/mol. The maximum absolute atomic E-state index is 12.1. The zero-order chi connectivity index (χ0) is 15.4. The van der Waals surface area contributed by atoms with Crippen molar-refractivity contribution >= 4 is 11.8 Å². The van der Waals surface area contributed by atoms with Crippen LogP contribution in [0, 0.1) is 0 Å². The van der Waals surface area contributed by atoms with Crippen LogP contribution < -0.4 is 14.8 Å². The van der Waals surface area contributed by atoms with Crippen LogP contribution in [0.5, 0.6) is 11.5 Å². The third kappa shape index (κ3) is 3.26. The van der Waals surface area contributed by atoms with E-state index in [1.54, 1.807) is 38.0 Å². The van der Waals surface area contributed by atoms with Gasteiger partial charge in [0, 0.05) is 0 Å². The Hall–Kier alpha value is -2.24. The molecule has 21 heavy (non-hydrogen) atoms. The molecule has 0 saturated carbocycles. The first-order valence-electron chi connectivity index (χ1n) is 6.91. The molecule has 2 unspecified atom stereocenters. The fourth-order valence-corrected chi connectivity index (χ4v) is 2.27. The molecule has 0 radical (unpaired) electrons. The molecule has 1 aromatic rings. The largest absolute Gasteiger partial charge is 0.493 e. The first-order chi connectivity index (χ1) is 10.0. The highest BCUT2D eigenvalue weighted by atomic mass is 16.5. The first kappa shape index (κ1) is 15.2. The van der Waals surface area contributed by atoms with Crippen molar-refractivity contribution in [3.63, 3.8) is 0 Å². The number of methoxy groups -OCH3 is 1. The van der Waals surface area contributed by atoms with Crippen molar-refractivity contribution in [3.05, 3.63) is 24.3 Å². The van der Waals surface area contributed by atoms with Gasteiger partial charge in [-0.1, -0.05) is 12.1 Å². The Labute approximate surface area is 124 Å². The van der Waals surface area contributed by atoms with Crippen molar-refractivity contribution in [1.82, 2.24) is 10.2 Å². The van der Waals surface area contributed by atoms with Gasteiger partial charge in [0.15, 0.2) is 11.5 Å². The molecule has 0 aliphatic carbocycles. The SMILES string of the molecule is COc1ccccc1OCCN1C(=O)C(C)NC(=O)C1C. The number of benzene rings is 1. The molecule has 1 N–H and O–H groups in total. The molecule has 0 aromatic heterocycles. The van der Waals surface area contributed by atoms with Crippen molar-refractivity contribution in [2.24, 2.45) is 0 Å². The molecule has 114 valence electrons. The van der Waals surface area contributed by atoms with Gasteiger partial charge in [0.25, 0.3) is 0 Å². The van der Waals surface area contributed by atoms with Gasteiger partial charge in [-0.25, -0.2) is 0 Å². The molecule has 2 rings (SSSR count). The number of hydrogen-bond donors (Lipinski definition) is 1. The number of carbonyl (C=O) groups is 2. The van der Waals surface area contributed by atoms with Gasteiger partial charge in [-0.2, -0.15) is 0 Å². The van der Waals surface area contributed by atoms with E-state index >= 15 is 0 Å². The maximum Gasteiger partial charge on any atom is 0.245 e. The summed E-state index contributed by atoms with van der Waals surface area (Å²) < 4.78 is 10.8. The molecule has 1 aliphatic heterocycles. The van der Waals surface area contributed by atoms with E-state index in [2.05, 4.69) is 5.32 Å². The lowest BCUT2D eigenvalue weighted by atomic mass is 10.1. The highest BCUT2D eigenvalue weighted by Crippen LogP contribution is 2.25. The summed E-state index contributed by atoms with van der Waals surface area (Å²) in [5.74, 6) is 1.03. The summed E-state index contributed by atoms with van der Waals surface area (Å²) in [7, 11) is 1.57. The molecule has 1 saturated heterocycles. The van der Waals surface area contributed by atoms with E-state index < -0.39 is 12.1 Å². The fourth-order valence-electron chi connectivity index (χ4n) is 2.27. The van der Waals surface area contributed by atoms with Gasteiger partial charge < -0.3 is 19.7 Å². The number of piperazine rings is 1. The van der Waals surface area contributed by atoms with Crippen molar-refractivity contribution in [2.75, 3.05) is 20.3 Å². The minimum atomic E-state index is -0.486. The van der Waals surface area contributed by atoms with Gasteiger partial charge in [0.2, 0.25) is 11.8 Å². The molecule has 1 aliphatic rings. The Morgan fingerprint density at radius 1 is 1.19 bits per heavy atom. The number of nitrogens with one attached hydrogen (secondary N) is 1. The summed E-state index contributed by atoms with van der Waals surface area (Å²) in [6.45, 7) is 4.05.